The van der Waals surface area contributed by atoms with Crippen LogP contribution < -0.4 is 10.6 Å². The molecule has 1 aromatic heterocycles. The first-order valence-corrected chi connectivity index (χ1v) is 10.1. The van der Waals surface area contributed by atoms with Gasteiger partial charge in [0.1, 0.15) is 5.69 Å². The number of aliphatic hydroxyl groups excluding tert-OH is 1. The maximum absolute atomic E-state index is 12.8. The molecule has 1 fully saturated rings. The fraction of sp³-hybridized carbons (Fsp3) is 0.435. The Morgan fingerprint density at radius 1 is 1.14 bits per heavy atom. The molecule has 1 heterocycles. The maximum Gasteiger partial charge on any atom is 0.270 e. The molecule has 3 rings (SSSR count). The summed E-state index contributed by atoms with van der Waals surface area (Å²) in [6, 6.07) is 13.5. The van der Waals surface area contributed by atoms with Crippen LogP contribution in [0.2, 0.25) is 0 Å². The SMILES string of the molecule is CC(=O)N[C@H]1CC[C@](CNC(=O)c2ncccc2C)(c2ccccc2)CC[C@@H]1O. The molecule has 6 nitrogen and oxygen atoms in total. The van der Waals surface area contributed by atoms with Crippen LogP contribution in [0.25, 0.3) is 0 Å². The van der Waals surface area contributed by atoms with Crippen LogP contribution >= 0.6 is 0 Å². The molecule has 3 N–H and O–H groups in total. The van der Waals surface area contributed by atoms with Crippen molar-refractivity contribution in [3.63, 3.8) is 0 Å². The van der Waals surface area contributed by atoms with Crippen molar-refractivity contribution in [3.05, 3.63) is 65.5 Å². The minimum absolute atomic E-state index is 0.139. The summed E-state index contributed by atoms with van der Waals surface area (Å²) in [6.45, 7) is 3.79. The van der Waals surface area contributed by atoms with E-state index in [2.05, 4.69) is 27.8 Å². The van der Waals surface area contributed by atoms with Gasteiger partial charge in [0.25, 0.3) is 5.91 Å². The van der Waals surface area contributed by atoms with Crippen molar-refractivity contribution in [2.45, 2.75) is 57.1 Å². The van der Waals surface area contributed by atoms with E-state index < -0.39 is 6.10 Å². The topological polar surface area (TPSA) is 91.3 Å². The Balaban J connectivity index is 1.83. The Kier molecular flexibility index (Phi) is 6.64. The lowest BCUT2D eigenvalue weighted by atomic mass is 9.74. The van der Waals surface area contributed by atoms with Crippen molar-refractivity contribution < 1.29 is 14.7 Å². The Labute approximate surface area is 171 Å². The van der Waals surface area contributed by atoms with Gasteiger partial charge < -0.3 is 15.7 Å². The van der Waals surface area contributed by atoms with Gasteiger partial charge in [-0.2, -0.15) is 0 Å². The number of carbonyl (C=O) groups excluding carboxylic acids is 2. The van der Waals surface area contributed by atoms with E-state index in [-0.39, 0.29) is 23.3 Å². The van der Waals surface area contributed by atoms with Crippen molar-refractivity contribution in [2.75, 3.05) is 6.54 Å². The molecule has 1 aliphatic rings. The zero-order valence-corrected chi connectivity index (χ0v) is 17.0. The highest BCUT2D eigenvalue weighted by molar-refractivity contribution is 5.93. The molecule has 0 spiro atoms. The van der Waals surface area contributed by atoms with E-state index in [9.17, 15) is 14.7 Å². The molecule has 0 radical (unpaired) electrons. The lowest BCUT2D eigenvalue weighted by Gasteiger charge is -2.34. The summed E-state index contributed by atoms with van der Waals surface area (Å²) >= 11 is 0. The van der Waals surface area contributed by atoms with Gasteiger partial charge in [0.15, 0.2) is 0 Å². The summed E-state index contributed by atoms with van der Waals surface area (Å²) < 4.78 is 0. The summed E-state index contributed by atoms with van der Waals surface area (Å²) in [4.78, 5) is 28.5. The molecule has 2 aromatic rings. The number of benzene rings is 1. The van der Waals surface area contributed by atoms with Crippen LogP contribution in [0.1, 0.15) is 54.2 Å². The molecular weight excluding hydrogens is 366 g/mol. The average molecular weight is 396 g/mol. The van der Waals surface area contributed by atoms with E-state index >= 15 is 0 Å². The summed E-state index contributed by atoms with van der Waals surface area (Å²) in [6.07, 6.45) is 3.69. The van der Waals surface area contributed by atoms with Crippen LogP contribution in [0.4, 0.5) is 0 Å². The fourth-order valence-electron chi connectivity index (χ4n) is 4.22. The van der Waals surface area contributed by atoms with E-state index in [0.717, 1.165) is 24.0 Å². The van der Waals surface area contributed by atoms with E-state index in [1.807, 2.05) is 37.3 Å². The average Bonchev–Trinajstić information content (AvgIpc) is 2.87. The smallest absolute Gasteiger partial charge is 0.270 e. The lowest BCUT2D eigenvalue weighted by Crippen LogP contribution is -2.42. The summed E-state index contributed by atoms with van der Waals surface area (Å²) in [5.74, 6) is -0.332. The normalized spacial score (nSPS) is 24.4. The number of pyridine rings is 1. The van der Waals surface area contributed by atoms with Crippen molar-refractivity contribution >= 4 is 11.8 Å². The predicted octanol–water partition coefficient (Wildman–Crippen LogP) is 2.50. The van der Waals surface area contributed by atoms with E-state index in [1.165, 1.54) is 6.92 Å². The number of nitrogens with zero attached hydrogens (tertiary/aromatic N) is 1. The summed E-state index contributed by atoms with van der Waals surface area (Å²) in [5, 5.41) is 16.5. The van der Waals surface area contributed by atoms with Gasteiger partial charge in [-0.3, -0.25) is 14.6 Å². The molecule has 1 aromatic carbocycles. The van der Waals surface area contributed by atoms with E-state index in [4.69, 9.17) is 0 Å². The lowest BCUT2D eigenvalue weighted by molar-refractivity contribution is -0.120. The quantitative estimate of drug-likeness (QED) is 0.679. The van der Waals surface area contributed by atoms with Gasteiger partial charge in [-0.1, -0.05) is 36.4 Å². The van der Waals surface area contributed by atoms with Crippen molar-refractivity contribution in [1.82, 2.24) is 15.6 Å². The van der Waals surface area contributed by atoms with Gasteiger partial charge in [-0.05, 0) is 49.8 Å². The Hall–Kier alpha value is -2.73. The molecule has 2 amide bonds. The first-order valence-electron chi connectivity index (χ1n) is 10.1. The molecule has 0 aliphatic heterocycles. The van der Waals surface area contributed by atoms with Crippen LogP contribution in [0.5, 0.6) is 0 Å². The van der Waals surface area contributed by atoms with Gasteiger partial charge in [-0.15, -0.1) is 0 Å². The molecule has 6 heteroatoms. The number of aromatic nitrogens is 1. The molecule has 1 saturated carbocycles. The number of aliphatic hydroxyl groups is 1. The summed E-state index contributed by atoms with van der Waals surface area (Å²) in [7, 11) is 0. The number of hydrogen-bond acceptors (Lipinski definition) is 4. The van der Waals surface area contributed by atoms with Crippen LogP contribution in [0.15, 0.2) is 48.7 Å². The third-order valence-corrected chi connectivity index (χ3v) is 5.90. The van der Waals surface area contributed by atoms with Crippen molar-refractivity contribution in [2.24, 2.45) is 0 Å². The zero-order valence-electron chi connectivity index (χ0n) is 17.0. The number of aryl methyl sites for hydroxylation is 1. The van der Waals surface area contributed by atoms with E-state index in [0.29, 0.717) is 25.1 Å². The molecule has 3 atom stereocenters. The van der Waals surface area contributed by atoms with Gasteiger partial charge in [0.2, 0.25) is 5.91 Å². The molecule has 154 valence electrons. The predicted molar refractivity (Wildman–Crippen MR) is 112 cm³/mol. The van der Waals surface area contributed by atoms with Crippen molar-refractivity contribution in [1.29, 1.82) is 0 Å². The third-order valence-electron chi connectivity index (χ3n) is 5.90. The number of carbonyl (C=O) groups is 2. The van der Waals surface area contributed by atoms with Gasteiger partial charge in [0, 0.05) is 25.1 Å². The monoisotopic (exact) mass is 395 g/mol. The van der Waals surface area contributed by atoms with Crippen molar-refractivity contribution in [3.8, 4) is 0 Å². The molecule has 0 unspecified atom stereocenters. The number of nitrogens with one attached hydrogen (secondary N) is 2. The van der Waals surface area contributed by atoms with Gasteiger partial charge in [-0.25, -0.2) is 0 Å². The second-order valence-corrected chi connectivity index (χ2v) is 7.95. The highest BCUT2D eigenvalue weighted by Gasteiger charge is 2.38. The molecule has 29 heavy (non-hydrogen) atoms. The van der Waals surface area contributed by atoms with Gasteiger partial charge in [0.05, 0.1) is 12.1 Å². The fourth-order valence-corrected chi connectivity index (χ4v) is 4.22. The summed E-state index contributed by atoms with van der Waals surface area (Å²) in [5.41, 5.74) is 2.09. The number of rotatable bonds is 5. The Morgan fingerprint density at radius 2 is 1.86 bits per heavy atom. The highest BCUT2D eigenvalue weighted by atomic mass is 16.3. The minimum atomic E-state index is -0.599. The molecular formula is C23H29N3O3. The van der Waals surface area contributed by atoms with Crippen LogP contribution in [0.3, 0.4) is 0 Å². The second-order valence-electron chi connectivity index (χ2n) is 7.95. The van der Waals surface area contributed by atoms with Crippen LogP contribution in [-0.4, -0.2) is 40.6 Å². The molecule has 0 saturated heterocycles. The first-order chi connectivity index (χ1) is 13.9. The Morgan fingerprint density at radius 3 is 2.55 bits per heavy atom. The molecule has 0 bridgehead atoms. The zero-order chi connectivity index (χ0) is 20.9. The number of hydrogen-bond donors (Lipinski definition) is 3. The maximum atomic E-state index is 12.8. The third kappa shape index (κ3) is 5.01. The first kappa shape index (κ1) is 21.0. The second kappa shape index (κ2) is 9.18. The van der Waals surface area contributed by atoms with E-state index in [1.54, 1.807) is 6.20 Å². The largest absolute Gasteiger partial charge is 0.391 e. The van der Waals surface area contributed by atoms with Crippen LogP contribution in [-0.2, 0) is 10.2 Å². The van der Waals surface area contributed by atoms with Crippen LogP contribution in [0, 0.1) is 6.92 Å². The Bertz CT molecular complexity index is 855. The van der Waals surface area contributed by atoms with Gasteiger partial charge >= 0.3 is 0 Å². The number of amides is 2. The molecule has 1 aliphatic carbocycles. The highest BCUT2D eigenvalue weighted by Crippen LogP contribution is 2.38. The minimum Gasteiger partial charge on any atom is -0.391 e. The standard InChI is InChI=1S/C23H29N3O3/c1-16-7-6-14-24-21(16)22(29)25-15-23(18-8-4-3-5-9-18)12-10-19(26-17(2)27)20(28)11-13-23/h3-9,14,19-20,28H,10-13,15H2,1-2H3,(H,25,29)(H,26,27)/t19-,20-,23-/m0/s1.